The number of nitrogens with zero attached hydrogens (tertiary/aromatic N) is 3. The number of aromatic nitrogens is 3. The lowest BCUT2D eigenvalue weighted by Crippen LogP contribution is -2.33. The van der Waals surface area contributed by atoms with Crippen molar-refractivity contribution < 1.29 is 4.79 Å². The molecule has 0 saturated heterocycles. The van der Waals surface area contributed by atoms with Gasteiger partial charge in [0.15, 0.2) is 0 Å². The Hall–Kier alpha value is -2.02. The van der Waals surface area contributed by atoms with Crippen LogP contribution in [0.5, 0.6) is 0 Å². The Morgan fingerprint density at radius 3 is 2.75 bits per heavy atom. The molecule has 0 radical (unpaired) electrons. The Bertz CT molecular complexity index is 690. The van der Waals surface area contributed by atoms with Crippen LogP contribution < -0.4 is 10.9 Å². The van der Waals surface area contributed by atoms with Crippen molar-refractivity contribution in [2.24, 2.45) is 0 Å². The Kier molecular flexibility index (Phi) is 4.29. The van der Waals surface area contributed by atoms with E-state index in [1.165, 1.54) is 11.5 Å². The van der Waals surface area contributed by atoms with Crippen LogP contribution in [0, 0.1) is 13.8 Å². The quantitative estimate of drug-likeness (QED) is 0.920. The van der Waals surface area contributed by atoms with Gasteiger partial charge in [0, 0.05) is 12.2 Å². The zero-order valence-electron chi connectivity index (χ0n) is 11.6. The minimum atomic E-state index is -0.370. The molecule has 106 valence electrons. The molecule has 0 fully saturated rings. The van der Waals surface area contributed by atoms with Gasteiger partial charge >= 0.3 is 0 Å². The first-order chi connectivity index (χ1) is 9.54. The summed E-state index contributed by atoms with van der Waals surface area (Å²) in [5, 5.41) is 6.61. The van der Waals surface area contributed by atoms with Gasteiger partial charge in [-0.25, -0.2) is 0 Å². The van der Waals surface area contributed by atoms with Crippen LogP contribution in [-0.2, 0) is 13.1 Å². The van der Waals surface area contributed by atoms with E-state index in [9.17, 15) is 9.59 Å². The lowest BCUT2D eigenvalue weighted by molar-refractivity contribution is 0.0949. The molecular formula is C13H16N4O2S. The highest BCUT2D eigenvalue weighted by Crippen LogP contribution is 2.08. The van der Waals surface area contributed by atoms with E-state index in [1.54, 1.807) is 16.7 Å². The molecule has 1 amide bonds. The fourth-order valence-corrected chi connectivity index (χ4v) is 2.48. The predicted molar refractivity (Wildman–Crippen MR) is 76.9 cm³/mol. The molecule has 7 heteroatoms. The minimum Gasteiger partial charge on any atom is -0.347 e. The summed E-state index contributed by atoms with van der Waals surface area (Å²) >= 11 is 1.24. The van der Waals surface area contributed by atoms with Crippen LogP contribution in [0.4, 0.5) is 0 Å². The second kappa shape index (κ2) is 5.96. The maximum atomic E-state index is 12.2. The van der Waals surface area contributed by atoms with Gasteiger partial charge < -0.3 is 9.88 Å². The van der Waals surface area contributed by atoms with Gasteiger partial charge in [-0.3, -0.25) is 9.59 Å². The van der Waals surface area contributed by atoms with Gasteiger partial charge in [-0.05, 0) is 44.4 Å². The number of hydrogen-bond acceptors (Lipinski definition) is 5. The molecule has 1 N–H and O–H groups in total. The van der Waals surface area contributed by atoms with E-state index >= 15 is 0 Å². The Morgan fingerprint density at radius 1 is 1.40 bits per heavy atom. The van der Waals surface area contributed by atoms with Gasteiger partial charge in [-0.2, -0.15) is 0 Å². The maximum Gasteiger partial charge on any atom is 0.263 e. The van der Waals surface area contributed by atoms with Gasteiger partial charge in [0.05, 0.1) is 17.1 Å². The van der Waals surface area contributed by atoms with E-state index in [0.717, 1.165) is 16.3 Å². The summed E-state index contributed by atoms with van der Waals surface area (Å²) in [5.41, 5.74) is 1.54. The molecule has 6 nitrogen and oxygen atoms in total. The summed E-state index contributed by atoms with van der Waals surface area (Å²) in [5.74, 6) is -0.370. The molecule has 0 aliphatic heterocycles. The Labute approximate surface area is 120 Å². The normalized spacial score (nSPS) is 10.6. The highest BCUT2D eigenvalue weighted by molar-refractivity contribution is 7.05. The molecule has 2 rings (SSSR count). The summed E-state index contributed by atoms with van der Waals surface area (Å²) in [6, 6.07) is 3.34. The lowest BCUT2D eigenvalue weighted by atomic mass is 10.2. The molecule has 0 aromatic carbocycles. The van der Waals surface area contributed by atoms with Crippen molar-refractivity contribution in [2.75, 3.05) is 0 Å². The molecule has 20 heavy (non-hydrogen) atoms. The molecule has 2 aromatic rings. The Balaban J connectivity index is 2.18. The molecule has 0 unspecified atom stereocenters. The van der Waals surface area contributed by atoms with E-state index in [4.69, 9.17) is 0 Å². The van der Waals surface area contributed by atoms with Gasteiger partial charge in [0.25, 0.3) is 11.5 Å². The zero-order valence-corrected chi connectivity index (χ0v) is 12.5. The third-order valence-electron chi connectivity index (χ3n) is 3.11. The first-order valence-electron chi connectivity index (χ1n) is 6.31. The number of carbonyl (C=O) groups excluding carboxylic acids is 1. The first-order valence-corrected chi connectivity index (χ1v) is 7.08. The lowest BCUT2D eigenvalue weighted by Gasteiger charge is -2.09. The van der Waals surface area contributed by atoms with Crippen molar-refractivity contribution in [1.29, 1.82) is 0 Å². The van der Waals surface area contributed by atoms with E-state index in [0.29, 0.717) is 13.1 Å². The fraction of sp³-hybridized carbons (Fsp3) is 0.385. The number of hydrogen-bond donors (Lipinski definition) is 1. The third-order valence-corrected chi connectivity index (χ3v) is 3.93. The molecule has 0 bridgehead atoms. The van der Waals surface area contributed by atoms with Gasteiger partial charge in [0.2, 0.25) is 0 Å². The molecule has 2 aromatic heterocycles. The first kappa shape index (κ1) is 14.4. The SMILES string of the molecule is CCn1c(C)ccc(C(=O)NCc2snnc2C)c1=O. The average molecular weight is 292 g/mol. The summed E-state index contributed by atoms with van der Waals surface area (Å²) in [6.45, 7) is 6.44. The van der Waals surface area contributed by atoms with E-state index < -0.39 is 0 Å². The fourth-order valence-electron chi connectivity index (χ4n) is 1.91. The minimum absolute atomic E-state index is 0.160. The average Bonchev–Trinajstić information content (AvgIpc) is 2.82. The second-order valence-electron chi connectivity index (χ2n) is 4.40. The van der Waals surface area contributed by atoms with Gasteiger partial charge in [0.1, 0.15) is 5.56 Å². The molecule has 0 spiro atoms. The van der Waals surface area contributed by atoms with Crippen LogP contribution in [-0.4, -0.2) is 20.1 Å². The number of carbonyl (C=O) groups is 1. The van der Waals surface area contributed by atoms with Crippen LogP contribution in [0.2, 0.25) is 0 Å². The molecule has 0 atom stereocenters. The van der Waals surface area contributed by atoms with E-state index in [-0.39, 0.29) is 17.0 Å². The number of amides is 1. The van der Waals surface area contributed by atoms with Crippen molar-refractivity contribution in [3.8, 4) is 0 Å². The van der Waals surface area contributed by atoms with Crippen molar-refractivity contribution in [1.82, 2.24) is 19.5 Å². The number of aryl methyl sites for hydroxylation is 2. The highest BCUT2D eigenvalue weighted by Gasteiger charge is 2.14. The number of pyridine rings is 1. The van der Waals surface area contributed by atoms with Crippen LogP contribution >= 0.6 is 11.5 Å². The van der Waals surface area contributed by atoms with Crippen LogP contribution in [0.25, 0.3) is 0 Å². The van der Waals surface area contributed by atoms with E-state index in [1.807, 2.05) is 20.8 Å². The standard InChI is InChI=1S/C13H16N4O2S/c1-4-17-8(2)5-6-10(13(17)19)12(18)14-7-11-9(3)15-16-20-11/h5-6H,4,7H2,1-3H3,(H,14,18). The smallest absolute Gasteiger partial charge is 0.263 e. The van der Waals surface area contributed by atoms with Crippen LogP contribution in [0.1, 0.15) is 33.5 Å². The summed E-state index contributed by atoms with van der Waals surface area (Å²) in [4.78, 5) is 25.2. The molecule has 0 saturated carbocycles. The van der Waals surface area contributed by atoms with Crippen molar-refractivity contribution in [2.45, 2.75) is 33.9 Å². The topological polar surface area (TPSA) is 76.9 Å². The zero-order chi connectivity index (χ0) is 14.7. The monoisotopic (exact) mass is 292 g/mol. The molecule has 0 aliphatic rings. The molecule has 2 heterocycles. The second-order valence-corrected chi connectivity index (χ2v) is 5.24. The van der Waals surface area contributed by atoms with Crippen molar-refractivity contribution in [3.05, 3.63) is 44.3 Å². The van der Waals surface area contributed by atoms with Crippen LogP contribution in [0.15, 0.2) is 16.9 Å². The molecule has 0 aliphatic carbocycles. The van der Waals surface area contributed by atoms with Crippen molar-refractivity contribution >= 4 is 17.4 Å². The highest BCUT2D eigenvalue weighted by atomic mass is 32.1. The maximum absolute atomic E-state index is 12.2. The Morgan fingerprint density at radius 2 is 2.15 bits per heavy atom. The van der Waals surface area contributed by atoms with Crippen molar-refractivity contribution in [3.63, 3.8) is 0 Å². The summed E-state index contributed by atoms with van der Waals surface area (Å²) < 4.78 is 5.38. The summed E-state index contributed by atoms with van der Waals surface area (Å²) in [6.07, 6.45) is 0. The number of nitrogens with one attached hydrogen (secondary N) is 1. The third kappa shape index (κ3) is 2.77. The number of rotatable bonds is 4. The van der Waals surface area contributed by atoms with Crippen LogP contribution in [0.3, 0.4) is 0 Å². The summed E-state index contributed by atoms with van der Waals surface area (Å²) in [7, 11) is 0. The molecular weight excluding hydrogens is 276 g/mol. The van der Waals surface area contributed by atoms with Gasteiger partial charge in [-0.1, -0.05) is 4.49 Å². The largest absolute Gasteiger partial charge is 0.347 e. The van der Waals surface area contributed by atoms with E-state index in [2.05, 4.69) is 14.9 Å². The predicted octanol–water partition coefficient (Wildman–Crippen LogP) is 1.27. The van der Waals surface area contributed by atoms with Gasteiger partial charge in [-0.15, -0.1) is 5.10 Å².